The zero-order valence-corrected chi connectivity index (χ0v) is 17.5. The van der Waals surface area contributed by atoms with Crippen molar-refractivity contribution >= 4 is 29.5 Å². The molecule has 2 aliphatic carbocycles. The summed E-state index contributed by atoms with van der Waals surface area (Å²) in [4.78, 5) is 51.2. The largest absolute Gasteiger partial charge is 0.454 e. The van der Waals surface area contributed by atoms with Gasteiger partial charge in [0.1, 0.15) is 12.3 Å². The van der Waals surface area contributed by atoms with E-state index < -0.39 is 25.0 Å². The van der Waals surface area contributed by atoms with Crippen molar-refractivity contribution < 1.29 is 28.4 Å². The molecule has 32 heavy (non-hydrogen) atoms. The maximum Gasteiger partial charge on any atom is 0.326 e. The average molecular weight is 437 g/mol. The molecule has 1 aromatic heterocycles. The summed E-state index contributed by atoms with van der Waals surface area (Å²) in [7, 11) is 0. The van der Waals surface area contributed by atoms with Crippen LogP contribution in [0.4, 0.5) is 5.82 Å². The van der Waals surface area contributed by atoms with Crippen LogP contribution in [0.25, 0.3) is 0 Å². The van der Waals surface area contributed by atoms with Crippen LogP contribution in [-0.4, -0.2) is 46.9 Å². The van der Waals surface area contributed by atoms with Gasteiger partial charge in [-0.2, -0.15) is 0 Å². The molecule has 3 fully saturated rings. The Kier molecular flexibility index (Phi) is 5.03. The minimum absolute atomic E-state index is 0.113. The summed E-state index contributed by atoms with van der Waals surface area (Å²) >= 11 is 0. The predicted octanol–water partition coefficient (Wildman–Crippen LogP) is 1.89. The fourth-order valence-corrected chi connectivity index (χ4v) is 5.69. The molecular formula is C23H23N3O6. The molecular weight excluding hydrogens is 414 g/mol. The Labute approximate surface area is 184 Å². The topological polar surface area (TPSA) is 119 Å². The Morgan fingerprint density at radius 3 is 2.62 bits per heavy atom. The van der Waals surface area contributed by atoms with Crippen LogP contribution in [0.1, 0.15) is 30.1 Å². The van der Waals surface area contributed by atoms with Gasteiger partial charge in [-0.3, -0.25) is 24.1 Å². The van der Waals surface area contributed by atoms with E-state index in [1.165, 1.54) is 11.6 Å². The number of aryl methyl sites for hydroxylation is 1. The highest BCUT2D eigenvalue weighted by Gasteiger charge is 2.64. The SMILES string of the molecule is Cc1cc(NC(=O)COC(=O)CN2C(=O)[C@@H]3[C@@H]4C[C@@H]([C@H]3C2=O)[C@H](c2ccccc2)C4)no1. The highest BCUT2D eigenvalue weighted by molar-refractivity contribution is 6.08. The molecule has 3 amide bonds. The molecule has 1 saturated heterocycles. The molecule has 5 rings (SSSR count). The number of nitrogens with one attached hydrogen (secondary N) is 1. The van der Waals surface area contributed by atoms with Gasteiger partial charge in [-0.15, -0.1) is 0 Å². The van der Waals surface area contributed by atoms with Gasteiger partial charge in [-0.05, 0) is 43.1 Å². The number of fused-ring (bicyclic) bond motifs is 5. The molecule has 3 aliphatic rings. The maximum absolute atomic E-state index is 13.1. The van der Waals surface area contributed by atoms with Crippen molar-refractivity contribution in [1.29, 1.82) is 0 Å². The van der Waals surface area contributed by atoms with Gasteiger partial charge >= 0.3 is 5.97 Å². The van der Waals surface area contributed by atoms with E-state index in [2.05, 4.69) is 22.6 Å². The summed E-state index contributed by atoms with van der Waals surface area (Å²) in [5, 5.41) is 6.05. The first-order valence-electron chi connectivity index (χ1n) is 10.7. The number of hydrogen-bond donors (Lipinski definition) is 1. The van der Waals surface area contributed by atoms with E-state index >= 15 is 0 Å². The Morgan fingerprint density at radius 1 is 1.16 bits per heavy atom. The van der Waals surface area contributed by atoms with Gasteiger partial charge in [0.15, 0.2) is 12.4 Å². The lowest BCUT2D eigenvalue weighted by atomic mass is 9.73. The van der Waals surface area contributed by atoms with Gasteiger partial charge in [0.05, 0.1) is 11.8 Å². The highest BCUT2D eigenvalue weighted by atomic mass is 16.5. The molecule has 1 aliphatic heterocycles. The normalized spacial score (nSPS) is 28.2. The number of aromatic nitrogens is 1. The molecule has 9 nitrogen and oxygen atoms in total. The second-order valence-corrected chi connectivity index (χ2v) is 8.76. The summed E-state index contributed by atoms with van der Waals surface area (Å²) in [5.74, 6) is -1.44. The number of amides is 3. The fraction of sp³-hybridized carbons (Fsp3) is 0.435. The third-order valence-electron chi connectivity index (χ3n) is 6.88. The number of ether oxygens (including phenoxy) is 1. The van der Waals surface area contributed by atoms with Crippen LogP contribution >= 0.6 is 0 Å². The van der Waals surface area contributed by atoms with E-state index in [0.717, 1.165) is 17.7 Å². The predicted molar refractivity (Wildman–Crippen MR) is 110 cm³/mol. The average Bonchev–Trinajstić information content (AvgIpc) is 3.53. The summed E-state index contributed by atoms with van der Waals surface area (Å²) in [6, 6.07) is 11.6. The fourth-order valence-electron chi connectivity index (χ4n) is 5.69. The quantitative estimate of drug-likeness (QED) is 0.541. The van der Waals surface area contributed by atoms with E-state index in [1.54, 1.807) is 6.92 Å². The van der Waals surface area contributed by atoms with E-state index in [9.17, 15) is 19.2 Å². The molecule has 2 heterocycles. The molecule has 0 spiro atoms. The first-order chi connectivity index (χ1) is 15.4. The van der Waals surface area contributed by atoms with Gasteiger partial charge in [0, 0.05) is 6.07 Å². The summed E-state index contributed by atoms with van der Waals surface area (Å²) in [5.41, 5.74) is 1.20. The number of imide groups is 1. The maximum atomic E-state index is 13.1. The number of carbonyl (C=O) groups excluding carboxylic acids is 4. The van der Waals surface area contributed by atoms with Crippen LogP contribution in [0, 0.1) is 30.6 Å². The Balaban J connectivity index is 1.19. The number of esters is 1. The molecule has 166 valence electrons. The van der Waals surface area contributed by atoms with Crippen molar-refractivity contribution in [2.75, 3.05) is 18.5 Å². The molecule has 5 atom stereocenters. The number of likely N-dealkylation sites (tertiary alicyclic amines) is 1. The molecule has 2 aromatic rings. The molecule has 1 N–H and O–H groups in total. The van der Waals surface area contributed by atoms with Crippen molar-refractivity contribution in [2.24, 2.45) is 23.7 Å². The highest BCUT2D eigenvalue weighted by Crippen LogP contribution is 2.61. The second-order valence-electron chi connectivity index (χ2n) is 8.76. The summed E-state index contributed by atoms with van der Waals surface area (Å²) in [6.45, 7) is 0.655. The number of benzene rings is 1. The van der Waals surface area contributed by atoms with E-state index in [1.807, 2.05) is 18.2 Å². The number of carbonyl (C=O) groups is 4. The van der Waals surface area contributed by atoms with Gasteiger partial charge < -0.3 is 14.6 Å². The van der Waals surface area contributed by atoms with Crippen molar-refractivity contribution in [2.45, 2.75) is 25.7 Å². The Bertz CT molecular complexity index is 1080. The molecule has 2 bridgehead atoms. The molecule has 2 saturated carbocycles. The van der Waals surface area contributed by atoms with Gasteiger partial charge in [-0.1, -0.05) is 35.5 Å². The summed E-state index contributed by atoms with van der Waals surface area (Å²) < 4.78 is 9.81. The number of anilines is 1. The van der Waals surface area contributed by atoms with E-state index in [0.29, 0.717) is 5.76 Å². The van der Waals surface area contributed by atoms with Crippen LogP contribution in [0.5, 0.6) is 0 Å². The first kappa shape index (κ1) is 20.4. The zero-order valence-electron chi connectivity index (χ0n) is 17.5. The number of nitrogens with zero attached hydrogens (tertiary/aromatic N) is 2. The lowest BCUT2D eigenvalue weighted by Gasteiger charge is -2.28. The lowest BCUT2D eigenvalue weighted by molar-refractivity contribution is -0.154. The smallest absolute Gasteiger partial charge is 0.326 e. The van der Waals surface area contributed by atoms with Crippen LogP contribution in [-0.2, 0) is 23.9 Å². The third kappa shape index (κ3) is 3.47. The van der Waals surface area contributed by atoms with Crippen molar-refractivity contribution in [1.82, 2.24) is 10.1 Å². The zero-order chi connectivity index (χ0) is 22.4. The third-order valence-corrected chi connectivity index (χ3v) is 6.88. The van der Waals surface area contributed by atoms with Gasteiger partial charge in [0.25, 0.3) is 5.91 Å². The van der Waals surface area contributed by atoms with E-state index in [-0.39, 0.29) is 47.2 Å². The Hall–Kier alpha value is -3.49. The van der Waals surface area contributed by atoms with Gasteiger partial charge in [0.2, 0.25) is 11.8 Å². The van der Waals surface area contributed by atoms with Crippen molar-refractivity contribution in [3.8, 4) is 0 Å². The molecule has 0 radical (unpaired) electrons. The van der Waals surface area contributed by atoms with Crippen molar-refractivity contribution in [3.05, 3.63) is 47.7 Å². The number of rotatable bonds is 6. The minimum Gasteiger partial charge on any atom is -0.454 e. The van der Waals surface area contributed by atoms with Crippen LogP contribution in [0.15, 0.2) is 40.9 Å². The van der Waals surface area contributed by atoms with Crippen LogP contribution in [0.3, 0.4) is 0 Å². The molecule has 1 aromatic carbocycles. The first-order valence-corrected chi connectivity index (χ1v) is 10.7. The second kappa shape index (κ2) is 7.89. The lowest BCUT2D eigenvalue weighted by Crippen LogP contribution is -2.38. The van der Waals surface area contributed by atoms with Gasteiger partial charge in [-0.25, -0.2) is 0 Å². The van der Waals surface area contributed by atoms with Crippen molar-refractivity contribution in [3.63, 3.8) is 0 Å². The van der Waals surface area contributed by atoms with E-state index in [4.69, 9.17) is 9.26 Å². The summed E-state index contributed by atoms with van der Waals surface area (Å²) in [6.07, 6.45) is 1.75. The number of hydrogen-bond acceptors (Lipinski definition) is 7. The Morgan fingerprint density at radius 2 is 1.91 bits per heavy atom. The minimum atomic E-state index is -0.801. The molecule has 0 unspecified atom stereocenters. The standard InChI is InChI=1S/C23H23N3O6/c1-12-7-17(25-32-12)24-18(27)11-31-19(28)10-26-22(29)20-14-8-15(13-5-3-2-4-6-13)16(9-14)21(20)23(26)30/h2-7,14-16,20-21H,8-11H2,1H3,(H,24,25,27)/t14-,15-,16+,20+,21+/m0/s1. The molecule has 9 heteroatoms. The van der Waals surface area contributed by atoms with Crippen LogP contribution in [0.2, 0.25) is 0 Å². The monoisotopic (exact) mass is 437 g/mol. The van der Waals surface area contributed by atoms with Crippen LogP contribution < -0.4 is 5.32 Å².